The van der Waals surface area contributed by atoms with Crippen molar-refractivity contribution in [3.63, 3.8) is 0 Å². The molecule has 0 aliphatic carbocycles. The second-order valence-corrected chi connectivity index (χ2v) is 5.93. The molecule has 0 spiro atoms. The van der Waals surface area contributed by atoms with E-state index in [2.05, 4.69) is 21.1 Å². The van der Waals surface area contributed by atoms with Gasteiger partial charge in [-0.2, -0.15) is 10.2 Å². The lowest BCUT2D eigenvalue weighted by molar-refractivity contribution is -0.129. The monoisotopic (exact) mass is 428 g/mol. The first-order chi connectivity index (χ1) is 15.0. The SMILES string of the molecule is COc1cccc(/C=N\NC(=O)CC(=O)N/N=C\c2cccc(OC)c2OC)c1OC. The molecule has 2 aromatic carbocycles. The number of methoxy groups -OCH3 is 4. The van der Waals surface area contributed by atoms with Crippen molar-refractivity contribution < 1.29 is 28.5 Å². The van der Waals surface area contributed by atoms with E-state index < -0.39 is 18.2 Å². The molecule has 2 amide bonds. The van der Waals surface area contributed by atoms with E-state index in [1.165, 1.54) is 40.9 Å². The quantitative estimate of drug-likeness (QED) is 0.338. The Morgan fingerprint density at radius 3 is 1.52 bits per heavy atom. The summed E-state index contributed by atoms with van der Waals surface area (Å²) in [6.07, 6.45) is 2.33. The number of hydrogen-bond acceptors (Lipinski definition) is 8. The average molecular weight is 428 g/mol. The molecule has 0 aromatic heterocycles. The molecule has 0 saturated carbocycles. The van der Waals surface area contributed by atoms with Gasteiger partial charge in [-0.25, -0.2) is 10.9 Å². The van der Waals surface area contributed by atoms with Crippen molar-refractivity contribution in [2.75, 3.05) is 28.4 Å². The minimum absolute atomic E-state index is 0.459. The van der Waals surface area contributed by atoms with Gasteiger partial charge in [0.25, 0.3) is 0 Å². The molecule has 0 atom stereocenters. The topological polar surface area (TPSA) is 120 Å². The van der Waals surface area contributed by atoms with Gasteiger partial charge in [-0.15, -0.1) is 0 Å². The number of nitrogens with one attached hydrogen (secondary N) is 2. The molecular formula is C21H24N4O6. The lowest BCUT2D eigenvalue weighted by Crippen LogP contribution is -2.27. The Morgan fingerprint density at radius 2 is 1.16 bits per heavy atom. The first-order valence-corrected chi connectivity index (χ1v) is 9.09. The molecule has 10 heteroatoms. The highest BCUT2D eigenvalue weighted by Gasteiger charge is 2.10. The molecule has 0 aliphatic heterocycles. The molecule has 0 bridgehead atoms. The highest BCUT2D eigenvalue weighted by atomic mass is 16.5. The summed E-state index contributed by atoms with van der Waals surface area (Å²) in [6, 6.07) is 10.5. The molecular weight excluding hydrogens is 404 g/mol. The predicted octanol–water partition coefficient (Wildman–Crippen LogP) is 1.71. The van der Waals surface area contributed by atoms with Gasteiger partial charge in [0.1, 0.15) is 6.42 Å². The van der Waals surface area contributed by atoms with Crippen LogP contribution in [0.1, 0.15) is 17.5 Å². The Morgan fingerprint density at radius 1 is 0.742 bits per heavy atom. The molecule has 2 N–H and O–H groups in total. The summed E-state index contributed by atoms with van der Waals surface area (Å²) in [5.41, 5.74) is 5.76. The maximum Gasteiger partial charge on any atom is 0.249 e. The number of hydrazone groups is 2. The molecule has 0 aliphatic rings. The minimum Gasteiger partial charge on any atom is -0.493 e. The summed E-state index contributed by atoms with van der Waals surface area (Å²) in [6.45, 7) is 0. The van der Waals surface area contributed by atoms with Gasteiger partial charge in [-0.1, -0.05) is 12.1 Å². The van der Waals surface area contributed by atoms with Gasteiger partial charge in [-0.05, 0) is 24.3 Å². The van der Waals surface area contributed by atoms with Crippen LogP contribution < -0.4 is 29.8 Å². The Balaban J connectivity index is 1.89. The molecule has 2 rings (SSSR count). The lowest BCUT2D eigenvalue weighted by atomic mass is 10.2. The zero-order chi connectivity index (χ0) is 22.6. The number of benzene rings is 2. The van der Waals surface area contributed by atoms with Gasteiger partial charge in [-0.3, -0.25) is 9.59 Å². The van der Waals surface area contributed by atoms with Gasteiger partial charge in [0.05, 0.1) is 40.9 Å². The summed E-state index contributed by atoms with van der Waals surface area (Å²) in [5.74, 6) is 0.797. The van der Waals surface area contributed by atoms with E-state index in [0.29, 0.717) is 34.1 Å². The third-order valence-electron chi connectivity index (χ3n) is 3.97. The largest absolute Gasteiger partial charge is 0.493 e. The Hall–Kier alpha value is -4.08. The van der Waals surface area contributed by atoms with Crippen molar-refractivity contribution in [1.82, 2.24) is 10.9 Å². The van der Waals surface area contributed by atoms with E-state index in [-0.39, 0.29) is 0 Å². The summed E-state index contributed by atoms with van der Waals surface area (Å²) >= 11 is 0. The smallest absolute Gasteiger partial charge is 0.249 e. The van der Waals surface area contributed by atoms with E-state index >= 15 is 0 Å². The van der Waals surface area contributed by atoms with Crippen molar-refractivity contribution in [1.29, 1.82) is 0 Å². The zero-order valence-electron chi connectivity index (χ0n) is 17.7. The van der Waals surface area contributed by atoms with Crippen molar-refractivity contribution in [2.45, 2.75) is 6.42 Å². The van der Waals surface area contributed by atoms with Gasteiger partial charge < -0.3 is 18.9 Å². The number of carbonyl (C=O) groups excluding carboxylic acids is 2. The first kappa shape index (κ1) is 23.2. The second-order valence-electron chi connectivity index (χ2n) is 5.93. The van der Waals surface area contributed by atoms with Crippen LogP contribution in [0, 0.1) is 0 Å². The summed E-state index contributed by atoms with van der Waals surface area (Å²) < 4.78 is 20.9. The van der Waals surface area contributed by atoms with Gasteiger partial charge in [0.15, 0.2) is 23.0 Å². The van der Waals surface area contributed by atoms with Crippen molar-refractivity contribution in [2.24, 2.45) is 10.2 Å². The molecule has 31 heavy (non-hydrogen) atoms. The summed E-state index contributed by atoms with van der Waals surface area (Å²) in [5, 5.41) is 7.68. The number of hydrogen-bond donors (Lipinski definition) is 2. The first-order valence-electron chi connectivity index (χ1n) is 9.09. The molecule has 10 nitrogen and oxygen atoms in total. The highest BCUT2D eigenvalue weighted by Crippen LogP contribution is 2.30. The number of carbonyl (C=O) groups is 2. The van der Waals surface area contributed by atoms with Gasteiger partial charge in [0.2, 0.25) is 11.8 Å². The van der Waals surface area contributed by atoms with E-state index in [1.807, 2.05) is 0 Å². The maximum atomic E-state index is 11.9. The summed E-state index contributed by atoms with van der Waals surface area (Å²) in [4.78, 5) is 23.8. The number of rotatable bonds is 10. The number of nitrogens with zero attached hydrogens (tertiary/aromatic N) is 2. The molecule has 0 saturated heterocycles. The molecule has 2 aromatic rings. The molecule has 0 unspecified atom stereocenters. The fourth-order valence-electron chi connectivity index (χ4n) is 2.60. The fraction of sp³-hybridized carbons (Fsp3) is 0.238. The van der Waals surface area contributed by atoms with Crippen LogP contribution in [0.4, 0.5) is 0 Å². The van der Waals surface area contributed by atoms with E-state index in [0.717, 1.165) is 0 Å². The van der Waals surface area contributed by atoms with Crippen LogP contribution in [0.25, 0.3) is 0 Å². The third-order valence-corrected chi connectivity index (χ3v) is 3.97. The Labute approximate surface area is 179 Å². The average Bonchev–Trinajstić information content (AvgIpc) is 2.78. The molecule has 0 radical (unpaired) electrons. The van der Waals surface area contributed by atoms with E-state index in [9.17, 15) is 9.59 Å². The molecule has 0 fully saturated rings. The Kier molecular flexibility index (Phi) is 8.84. The lowest BCUT2D eigenvalue weighted by Gasteiger charge is -2.09. The van der Waals surface area contributed by atoms with Crippen LogP contribution in [-0.2, 0) is 9.59 Å². The fourth-order valence-corrected chi connectivity index (χ4v) is 2.60. The van der Waals surface area contributed by atoms with Gasteiger partial charge >= 0.3 is 0 Å². The van der Waals surface area contributed by atoms with Crippen molar-refractivity contribution in [3.05, 3.63) is 47.5 Å². The standard InChI is InChI=1S/C21H24N4O6/c1-28-16-9-5-7-14(20(16)30-3)12-22-24-18(26)11-19(27)25-23-13-15-8-6-10-17(29-2)21(15)31-4/h5-10,12-13H,11H2,1-4H3,(H,24,26)(H,25,27)/b22-12-,23-13-. The minimum atomic E-state index is -0.607. The van der Waals surface area contributed by atoms with Crippen LogP contribution in [0.2, 0.25) is 0 Å². The van der Waals surface area contributed by atoms with E-state index in [4.69, 9.17) is 18.9 Å². The van der Waals surface area contributed by atoms with Crippen LogP contribution >= 0.6 is 0 Å². The van der Waals surface area contributed by atoms with Crippen LogP contribution in [0.3, 0.4) is 0 Å². The van der Waals surface area contributed by atoms with Crippen LogP contribution in [-0.4, -0.2) is 52.7 Å². The van der Waals surface area contributed by atoms with Crippen LogP contribution in [0.15, 0.2) is 46.6 Å². The number of amides is 2. The number of ether oxygens (including phenoxy) is 4. The summed E-state index contributed by atoms with van der Waals surface area (Å²) in [7, 11) is 6.04. The zero-order valence-corrected chi connectivity index (χ0v) is 17.7. The molecule has 164 valence electrons. The second kappa shape index (κ2) is 11.8. The predicted molar refractivity (Wildman–Crippen MR) is 115 cm³/mol. The van der Waals surface area contributed by atoms with E-state index in [1.54, 1.807) is 36.4 Å². The molecule has 0 heterocycles. The van der Waals surface area contributed by atoms with Crippen molar-refractivity contribution in [3.8, 4) is 23.0 Å². The highest BCUT2D eigenvalue weighted by molar-refractivity contribution is 5.97. The van der Waals surface area contributed by atoms with Crippen molar-refractivity contribution >= 4 is 24.2 Å². The van der Waals surface area contributed by atoms with Gasteiger partial charge in [0, 0.05) is 11.1 Å². The van der Waals surface area contributed by atoms with Crippen LogP contribution in [0.5, 0.6) is 23.0 Å². The normalized spacial score (nSPS) is 10.7. The Bertz CT molecular complexity index is 897. The third kappa shape index (κ3) is 6.46. The number of para-hydroxylation sites is 2. The maximum absolute atomic E-state index is 11.9.